The lowest BCUT2D eigenvalue weighted by Gasteiger charge is -2.39. The van der Waals surface area contributed by atoms with Gasteiger partial charge in [-0.15, -0.1) is 0 Å². The van der Waals surface area contributed by atoms with Gasteiger partial charge in [0.25, 0.3) is 5.91 Å². The van der Waals surface area contributed by atoms with Crippen LogP contribution in [0.3, 0.4) is 0 Å². The number of para-hydroxylation sites is 1. The summed E-state index contributed by atoms with van der Waals surface area (Å²) < 4.78 is 0. The highest BCUT2D eigenvalue weighted by Crippen LogP contribution is 2.39. The van der Waals surface area contributed by atoms with Crippen LogP contribution in [0, 0.1) is 0 Å². The van der Waals surface area contributed by atoms with E-state index in [-0.39, 0.29) is 24.3 Å². The third kappa shape index (κ3) is 4.75. The van der Waals surface area contributed by atoms with Gasteiger partial charge in [0.1, 0.15) is 6.17 Å². The highest BCUT2D eigenvalue weighted by atomic mass is 16.2. The normalized spacial score (nSPS) is 16.3. The van der Waals surface area contributed by atoms with Crippen LogP contribution < -0.4 is 10.2 Å². The van der Waals surface area contributed by atoms with Crippen LogP contribution in [0.25, 0.3) is 0 Å². The van der Waals surface area contributed by atoms with Crippen molar-refractivity contribution in [3.05, 3.63) is 94.5 Å². The van der Waals surface area contributed by atoms with Crippen molar-refractivity contribution in [2.24, 2.45) is 0 Å². The minimum Gasteiger partial charge on any atom is -0.360 e. The summed E-state index contributed by atoms with van der Waals surface area (Å²) in [7, 11) is 0. The van der Waals surface area contributed by atoms with Crippen LogP contribution in [0.1, 0.15) is 95.1 Å². The standard InChI is InChI=1S/C31H38N2O.H2/c1-8-11-21-14-16-25(17-15-21)33-28(32-27-13-10-9-12-26(27)29(33)34)22-18-23(30(2,3)4)20-24(19-22)31(5,6)7;/h9-10,12-20,28,32H,8,11H2,1-7H3;1H. The molecule has 1 amide bonds. The molecule has 1 N–H and O–H groups in total. The van der Waals surface area contributed by atoms with Crippen LogP contribution in [0.4, 0.5) is 11.4 Å². The molecule has 1 aliphatic rings. The number of fused-ring (bicyclic) bond motifs is 1. The van der Waals surface area contributed by atoms with E-state index in [2.05, 4.69) is 96.2 Å². The molecular formula is C31H40N2O. The van der Waals surface area contributed by atoms with Gasteiger partial charge in [-0.2, -0.15) is 0 Å². The minimum absolute atomic E-state index is 0. The van der Waals surface area contributed by atoms with Crippen molar-refractivity contribution < 1.29 is 6.22 Å². The SMILES string of the molecule is CCCc1ccc(N2C(=O)c3ccccc3NC2c2cc(C(C)(C)C)cc(C(C)(C)C)c2)cc1.[HH]. The maximum absolute atomic E-state index is 13.9. The van der Waals surface area contributed by atoms with Crippen molar-refractivity contribution in [3.8, 4) is 0 Å². The molecular weight excluding hydrogens is 416 g/mol. The van der Waals surface area contributed by atoms with Gasteiger partial charge in [-0.25, -0.2) is 0 Å². The minimum atomic E-state index is -0.289. The summed E-state index contributed by atoms with van der Waals surface area (Å²) in [6.45, 7) is 15.7. The first-order valence-corrected chi connectivity index (χ1v) is 12.4. The first-order valence-electron chi connectivity index (χ1n) is 12.4. The maximum atomic E-state index is 13.9. The smallest absolute Gasteiger partial charge is 0.262 e. The van der Waals surface area contributed by atoms with E-state index >= 15 is 0 Å². The predicted molar refractivity (Wildman–Crippen MR) is 146 cm³/mol. The zero-order chi connectivity index (χ0) is 24.7. The first-order chi connectivity index (χ1) is 16.0. The number of anilines is 2. The van der Waals surface area contributed by atoms with Crippen LogP contribution in [0.5, 0.6) is 0 Å². The molecule has 180 valence electrons. The molecule has 0 saturated carbocycles. The Morgan fingerprint density at radius 1 is 0.853 bits per heavy atom. The third-order valence-corrected chi connectivity index (χ3v) is 6.68. The molecule has 0 aliphatic carbocycles. The molecule has 1 heterocycles. The number of amides is 1. The van der Waals surface area contributed by atoms with Crippen molar-refractivity contribution in [1.29, 1.82) is 0 Å². The van der Waals surface area contributed by atoms with E-state index in [0.717, 1.165) is 29.8 Å². The Hall–Kier alpha value is -3.07. The summed E-state index contributed by atoms with van der Waals surface area (Å²) in [4.78, 5) is 15.8. The Morgan fingerprint density at radius 2 is 1.44 bits per heavy atom. The number of carbonyl (C=O) groups excluding carboxylic acids is 1. The van der Waals surface area contributed by atoms with Crippen molar-refractivity contribution in [1.82, 2.24) is 0 Å². The molecule has 1 unspecified atom stereocenters. The topological polar surface area (TPSA) is 32.3 Å². The predicted octanol–water partition coefficient (Wildman–Crippen LogP) is 8.25. The summed E-state index contributed by atoms with van der Waals surface area (Å²) in [5.41, 5.74) is 7.47. The average Bonchev–Trinajstić information content (AvgIpc) is 2.78. The van der Waals surface area contributed by atoms with Crippen molar-refractivity contribution in [2.45, 2.75) is 78.3 Å². The molecule has 1 atom stereocenters. The fraction of sp³-hybridized carbons (Fsp3) is 0.387. The van der Waals surface area contributed by atoms with Gasteiger partial charge in [0.05, 0.1) is 5.56 Å². The summed E-state index contributed by atoms with van der Waals surface area (Å²) in [5, 5.41) is 3.69. The third-order valence-electron chi connectivity index (χ3n) is 6.68. The van der Waals surface area contributed by atoms with E-state index in [9.17, 15) is 4.79 Å². The fourth-order valence-corrected chi connectivity index (χ4v) is 4.54. The summed E-state index contributed by atoms with van der Waals surface area (Å²) >= 11 is 0. The second-order valence-electron chi connectivity index (χ2n) is 11.5. The maximum Gasteiger partial charge on any atom is 0.262 e. The van der Waals surface area contributed by atoms with Crippen LogP contribution in [-0.4, -0.2) is 5.91 Å². The van der Waals surface area contributed by atoms with Gasteiger partial charge in [0, 0.05) is 12.8 Å². The lowest BCUT2D eigenvalue weighted by molar-refractivity contribution is 0.0975. The zero-order valence-corrected chi connectivity index (χ0v) is 21.7. The lowest BCUT2D eigenvalue weighted by Crippen LogP contribution is -2.43. The van der Waals surface area contributed by atoms with Crippen molar-refractivity contribution in [2.75, 3.05) is 10.2 Å². The van der Waals surface area contributed by atoms with Crippen LogP contribution in [-0.2, 0) is 17.3 Å². The van der Waals surface area contributed by atoms with Crippen LogP contribution in [0.2, 0.25) is 0 Å². The Kier molecular flexibility index (Phi) is 6.33. The molecule has 4 rings (SSSR count). The number of rotatable bonds is 4. The molecule has 0 aromatic heterocycles. The molecule has 0 radical (unpaired) electrons. The van der Waals surface area contributed by atoms with E-state index < -0.39 is 0 Å². The van der Waals surface area contributed by atoms with Crippen LogP contribution >= 0.6 is 0 Å². The fourth-order valence-electron chi connectivity index (χ4n) is 4.54. The number of nitrogens with one attached hydrogen (secondary N) is 1. The monoisotopic (exact) mass is 456 g/mol. The van der Waals surface area contributed by atoms with Gasteiger partial charge in [-0.05, 0) is 63.8 Å². The number of aryl methyl sites for hydroxylation is 1. The van der Waals surface area contributed by atoms with E-state index in [4.69, 9.17) is 0 Å². The molecule has 0 saturated heterocycles. The number of carbonyl (C=O) groups is 1. The number of hydrogen-bond acceptors (Lipinski definition) is 2. The van der Waals surface area contributed by atoms with Gasteiger partial charge in [0.2, 0.25) is 0 Å². The average molecular weight is 457 g/mol. The summed E-state index contributed by atoms with van der Waals surface area (Å²) in [6, 6.07) is 23.2. The first kappa shape index (κ1) is 24.1. The molecule has 3 nitrogen and oxygen atoms in total. The second-order valence-corrected chi connectivity index (χ2v) is 11.5. The Balaban J connectivity index is 0.00000342. The molecule has 0 fully saturated rings. The molecule has 3 aromatic rings. The van der Waals surface area contributed by atoms with E-state index in [1.807, 2.05) is 29.2 Å². The molecule has 3 heteroatoms. The Bertz CT molecular complexity index is 1150. The molecule has 1 aliphatic heterocycles. The van der Waals surface area contributed by atoms with Crippen molar-refractivity contribution >= 4 is 17.3 Å². The van der Waals surface area contributed by atoms with Gasteiger partial charge in [-0.1, -0.05) is 97.4 Å². The van der Waals surface area contributed by atoms with E-state index in [1.165, 1.54) is 16.7 Å². The van der Waals surface area contributed by atoms with E-state index in [1.54, 1.807) is 0 Å². The summed E-state index contributed by atoms with van der Waals surface area (Å²) in [6.07, 6.45) is 1.86. The van der Waals surface area contributed by atoms with Gasteiger partial charge in [-0.3, -0.25) is 9.69 Å². The van der Waals surface area contributed by atoms with E-state index in [0.29, 0.717) is 5.56 Å². The van der Waals surface area contributed by atoms with Crippen molar-refractivity contribution in [3.63, 3.8) is 0 Å². The second kappa shape index (κ2) is 8.94. The molecule has 0 spiro atoms. The number of nitrogens with zero attached hydrogens (tertiary/aromatic N) is 1. The van der Waals surface area contributed by atoms with Gasteiger partial charge in [0.15, 0.2) is 0 Å². The van der Waals surface area contributed by atoms with Gasteiger partial charge >= 0.3 is 0 Å². The highest BCUT2D eigenvalue weighted by molar-refractivity contribution is 6.12. The number of benzene rings is 3. The number of hydrogen-bond donors (Lipinski definition) is 1. The van der Waals surface area contributed by atoms with Gasteiger partial charge < -0.3 is 5.32 Å². The zero-order valence-electron chi connectivity index (χ0n) is 21.7. The Morgan fingerprint density at radius 3 is 2.00 bits per heavy atom. The molecule has 34 heavy (non-hydrogen) atoms. The quantitative estimate of drug-likeness (QED) is 0.428. The molecule has 3 aromatic carbocycles. The summed E-state index contributed by atoms with van der Waals surface area (Å²) in [5.74, 6) is 0.0288. The molecule has 0 bridgehead atoms. The highest BCUT2D eigenvalue weighted by Gasteiger charge is 2.35. The largest absolute Gasteiger partial charge is 0.360 e. The Labute approximate surface area is 206 Å². The lowest BCUT2D eigenvalue weighted by atomic mass is 9.79. The van der Waals surface area contributed by atoms with Crippen LogP contribution in [0.15, 0.2) is 66.7 Å².